The molecule has 0 atom stereocenters. The van der Waals surface area contributed by atoms with Gasteiger partial charge in [0.25, 0.3) is 0 Å². The van der Waals surface area contributed by atoms with Crippen LogP contribution in [0.2, 0.25) is 58.9 Å². The van der Waals surface area contributed by atoms with Gasteiger partial charge in [-0.15, -0.1) is 0 Å². The van der Waals surface area contributed by atoms with Crippen LogP contribution < -0.4 is 0 Å². The van der Waals surface area contributed by atoms with Crippen molar-refractivity contribution in [3.63, 3.8) is 0 Å². The maximum absolute atomic E-state index is 12.9. The largest absolute Gasteiger partial charge is 0.548 e. The van der Waals surface area contributed by atoms with Crippen LogP contribution in [0.15, 0.2) is 12.2 Å². The van der Waals surface area contributed by atoms with E-state index in [0.29, 0.717) is 5.57 Å². The van der Waals surface area contributed by atoms with Crippen LogP contribution in [0.4, 0.5) is 0 Å². The fraction of sp³-hybridized carbons (Fsp3) is 0.769. The van der Waals surface area contributed by atoms with Gasteiger partial charge in [-0.3, -0.25) is 4.79 Å². The first kappa shape index (κ1) is 21.2. The number of hydrogen-bond donors (Lipinski definition) is 0. The SMILES string of the molecule is C=C(C)C(=O)[Si](O[Si](C)(C)C)(O[Si](C)(C)C)O[Si](C)(C)C. The highest BCUT2D eigenvalue weighted by atomic mass is 28.5. The summed E-state index contributed by atoms with van der Waals surface area (Å²) >= 11 is 0. The summed E-state index contributed by atoms with van der Waals surface area (Å²) in [4.78, 5) is 12.9. The molecule has 0 aromatic heterocycles. The third-order valence-corrected chi connectivity index (χ3v) is 13.5. The summed E-state index contributed by atoms with van der Waals surface area (Å²) in [6, 6.07) is 0. The van der Waals surface area contributed by atoms with Crippen LogP contribution in [0.3, 0.4) is 0 Å². The monoisotopic (exact) mass is 364 g/mol. The van der Waals surface area contributed by atoms with E-state index in [4.69, 9.17) is 12.3 Å². The highest BCUT2D eigenvalue weighted by molar-refractivity contribution is 7.06. The molecule has 0 aliphatic heterocycles. The van der Waals surface area contributed by atoms with Crippen LogP contribution >= 0.6 is 0 Å². The van der Waals surface area contributed by atoms with Crippen molar-refractivity contribution in [2.24, 2.45) is 0 Å². The average Bonchev–Trinajstić information content (AvgIpc) is 2.06. The molecule has 0 aliphatic rings. The summed E-state index contributed by atoms with van der Waals surface area (Å²) in [5.41, 5.74) is 0.455. The first-order valence-corrected chi connectivity index (χ1v) is 19.2. The molecule has 0 rings (SSSR count). The van der Waals surface area contributed by atoms with Gasteiger partial charge in [-0.25, -0.2) is 0 Å². The van der Waals surface area contributed by atoms with Crippen molar-refractivity contribution in [3.05, 3.63) is 12.2 Å². The van der Waals surface area contributed by atoms with E-state index in [2.05, 4.69) is 65.5 Å². The van der Waals surface area contributed by atoms with Crippen molar-refractivity contribution in [2.75, 3.05) is 0 Å². The van der Waals surface area contributed by atoms with Crippen molar-refractivity contribution in [1.29, 1.82) is 0 Å². The summed E-state index contributed by atoms with van der Waals surface area (Å²) in [5, 5.41) is -0.158. The van der Waals surface area contributed by atoms with Crippen molar-refractivity contribution in [3.8, 4) is 0 Å². The number of hydrogen-bond acceptors (Lipinski definition) is 4. The molecule has 0 heterocycles. The summed E-state index contributed by atoms with van der Waals surface area (Å²) in [7, 11) is -9.44. The van der Waals surface area contributed by atoms with Crippen molar-refractivity contribution < 1.29 is 17.1 Å². The highest BCUT2D eigenvalue weighted by Gasteiger charge is 2.56. The Hall–Kier alpha value is 0.158. The molecule has 0 saturated heterocycles. The minimum absolute atomic E-state index is 0.158. The first-order chi connectivity index (χ1) is 8.98. The maximum Gasteiger partial charge on any atom is 0.548 e. The van der Waals surface area contributed by atoms with E-state index >= 15 is 0 Å². The molecule has 0 fully saturated rings. The molecule has 0 aromatic rings. The Morgan fingerprint density at radius 1 is 0.714 bits per heavy atom. The van der Waals surface area contributed by atoms with Gasteiger partial charge < -0.3 is 12.3 Å². The van der Waals surface area contributed by atoms with E-state index in [9.17, 15) is 4.79 Å². The van der Waals surface area contributed by atoms with Gasteiger partial charge >= 0.3 is 8.80 Å². The fourth-order valence-electron chi connectivity index (χ4n) is 1.67. The van der Waals surface area contributed by atoms with Crippen LogP contribution in [0, 0.1) is 0 Å². The molecule has 124 valence electrons. The van der Waals surface area contributed by atoms with E-state index < -0.39 is 33.8 Å². The third kappa shape index (κ3) is 8.38. The summed E-state index contributed by atoms with van der Waals surface area (Å²) in [6.07, 6.45) is 0. The molecule has 0 saturated carbocycles. The number of rotatable bonds is 8. The van der Waals surface area contributed by atoms with E-state index in [1.54, 1.807) is 6.92 Å². The normalized spacial score (nSPS) is 14.2. The van der Waals surface area contributed by atoms with Gasteiger partial charge in [-0.1, -0.05) is 6.58 Å². The Labute approximate surface area is 134 Å². The van der Waals surface area contributed by atoms with Crippen molar-refractivity contribution in [2.45, 2.75) is 65.8 Å². The van der Waals surface area contributed by atoms with Gasteiger partial charge in [0.05, 0.1) is 0 Å². The molecule has 0 spiro atoms. The molecule has 0 radical (unpaired) electrons. The molecule has 8 heteroatoms. The van der Waals surface area contributed by atoms with Gasteiger partial charge in [0.1, 0.15) is 0 Å². The number of allylic oxidation sites excluding steroid dienone is 1. The van der Waals surface area contributed by atoms with Gasteiger partial charge in [-0.2, -0.15) is 0 Å². The quantitative estimate of drug-likeness (QED) is 0.479. The van der Waals surface area contributed by atoms with E-state index in [1.165, 1.54) is 0 Å². The molecular formula is C13H32O4Si4. The van der Waals surface area contributed by atoms with Crippen LogP contribution in [-0.4, -0.2) is 39.2 Å². The molecule has 0 bridgehead atoms. The molecule has 21 heavy (non-hydrogen) atoms. The topological polar surface area (TPSA) is 44.8 Å². The summed E-state index contributed by atoms with van der Waals surface area (Å²) in [5.74, 6) is 0. The lowest BCUT2D eigenvalue weighted by Crippen LogP contribution is -2.65. The zero-order valence-corrected chi connectivity index (χ0v) is 19.3. The van der Waals surface area contributed by atoms with Gasteiger partial charge in [-0.05, 0) is 71.4 Å². The minimum atomic E-state index is -3.42. The number of carbonyl (C=O) groups excluding carboxylic acids is 1. The standard InChI is InChI=1S/C13H32O4Si4/c1-12(2)13(14)21(15-18(3,4)5,16-19(6,7)8)17-20(9,10)11/h1H2,2-11H3. The molecule has 0 aromatic carbocycles. The van der Waals surface area contributed by atoms with E-state index in [-0.39, 0.29) is 5.41 Å². The second-order valence-corrected chi connectivity index (χ2v) is 25.0. The second-order valence-electron chi connectivity index (χ2n) is 8.31. The Bertz CT molecular complexity index is 361. The minimum Gasteiger partial charge on any atom is -0.412 e. The van der Waals surface area contributed by atoms with Crippen molar-refractivity contribution in [1.82, 2.24) is 0 Å². The zero-order chi connectivity index (χ0) is 17.3. The molecular weight excluding hydrogens is 332 g/mol. The lowest BCUT2D eigenvalue weighted by molar-refractivity contribution is -0.113. The molecule has 0 N–H and O–H groups in total. The van der Waals surface area contributed by atoms with E-state index in [0.717, 1.165) is 0 Å². The van der Waals surface area contributed by atoms with Crippen LogP contribution in [0.1, 0.15) is 6.92 Å². The second kappa shape index (κ2) is 6.73. The Kier molecular flexibility index (Phi) is 6.78. The van der Waals surface area contributed by atoms with Crippen LogP contribution in [0.5, 0.6) is 0 Å². The Balaban J connectivity index is 5.94. The van der Waals surface area contributed by atoms with Gasteiger partial charge in [0.2, 0.25) is 5.41 Å². The number of carbonyl (C=O) groups is 1. The molecule has 0 unspecified atom stereocenters. The van der Waals surface area contributed by atoms with Gasteiger partial charge in [0, 0.05) is 0 Å². The first-order valence-electron chi connectivity index (χ1n) is 7.28. The highest BCUT2D eigenvalue weighted by Crippen LogP contribution is 2.28. The third-order valence-electron chi connectivity index (χ3n) is 1.99. The molecule has 0 amide bonds. The maximum atomic E-state index is 12.9. The predicted octanol–water partition coefficient (Wildman–Crippen LogP) is 4.16. The smallest absolute Gasteiger partial charge is 0.412 e. The summed E-state index contributed by atoms with van der Waals surface area (Å²) < 4.78 is 18.9. The van der Waals surface area contributed by atoms with Gasteiger partial charge in [0.15, 0.2) is 25.0 Å². The fourth-order valence-corrected chi connectivity index (χ4v) is 14.6. The average molecular weight is 365 g/mol. The summed E-state index contributed by atoms with van der Waals surface area (Å²) in [6.45, 7) is 24.0. The predicted molar refractivity (Wildman–Crippen MR) is 98.9 cm³/mol. The molecule has 4 nitrogen and oxygen atoms in total. The van der Waals surface area contributed by atoms with Crippen LogP contribution in [0.25, 0.3) is 0 Å². The Morgan fingerprint density at radius 3 is 1.10 bits per heavy atom. The van der Waals surface area contributed by atoms with E-state index in [1.807, 2.05) is 0 Å². The van der Waals surface area contributed by atoms with Crippen LogP contribution in [-0.2, 0) is 17.1 Å². The molecule has 0 aliphatic carbocycles. The van der Waals surface area contributed by atoms with Crippen molar-refractivity contribution >= 4 is 39.2 Å². The lowest BCUT2D eigenvalue weighted by Gasteiger charge is -2.41. The lowest BCUT2D eigenvalue weighted by atomic mass is 10.4. The zero-order valence-electron chi connectivity index (χ0n) is 15.3. The Morgan fingerprint density at radius 2 is 0.952 bits per heavy atom.